The molecular weight excluding hydrogens is 623 g/mol. The number of allylic oxidation sites excluding steroid dienone is 1. The van der Waals surface area contributed by atoms with Crippen molar-refractivity contribution in [3.8, 4) is 0 Å². The van der Waals surface area contributed by atoms with E-state index in [0.717, 1.165) is 21.3 Å². The molecule has 1 saturated heterocycles. The minimum atomic E-state index is -0.218. The smallest absolute Gasteiger partial charge is 0.410 e. The molecule has 5 rings (SSSR count). The van der Waals surface area contributed by atoms with E-state index in [0.29, 0.717) is 67.6 Å². The molecule has 1 aromatic carbocycles. The van der Waals surface area contributed by atoms with Crippen molar-refractivity contribution >= 4 is 28.7 Å². The molecule has 6 heteroatoms. The van der Waals surface area contributed by atoms with Crippen molar-refractivity contribution in [2.24, 2.45) is 35.5 Å². The topological polar surface area (TPSA) is 53.0 Å². The van der Waals surface area contributed by atoms with Crippen molar-refractivity contribution < 1.29 is 14.6 Å². The Bertz CT molecular complexity index is 1030. The Labute approximate surface area is 262 Å². The Hall–Kier alpha value is -1.28. The first kappa shape index (κ1) is 31.2. The van der Waals surface area contributed by atoms with Gasteiger partial charge in [-0.2, -0.15) is 0 Å². The molecule has 0 spiro atoms. The predicted molar refractivity (Wildman–Crippen MR) is 175 cm³/mol. The molecule has 1 N–H and O–H groups in total. The zero-order valence-electron chi connectivity index (χ0n) is 25.8. The van der Waals surface area contributed by atoms with Gasteiger partial charge in [-0.05, 0) is 92.4 Å². The summed E-state index contributed by atoms with van der Waals surface area (Å²) in [7, 11) is 0. The van der Waals surface area contributed by atoms with E-state index in [2.05, 4.69) is 61.8 Å². The van der Waals surface area contributed by atoms with E-state index in [9.17, 15) is 9.90 Å². The van der Waals surface area contributed by atoms with Gasteiger partial charge in [0.2, 0.25) is 0 Å². The van der Waals surface area contributed by atoms with E-state index in [1.807, 2.05) is 35.2 Å². The van der Waals surface area contributed by atoms with E-state index in [-0.39, 0.29) is 11.6 Å². The monoisotopic (exact) mass is 676 g/mol. The minimum absolute atomic E-state index is 0.0821. The number of ether oxygens (including phenoxy) is 1. The summed E-state index contributed by atoms with van der Waals surface area (Å²) < 4.78 is 6.42. The van der Waals surface area contributed by atoms with Crippen LogP contribution in [0.15, 0.2) is 42.7 Å². The lowest BCUT2D eigenvalue weighted by molar-refractivity contribution is -0.159. The van der Waals surface area contributed by atoms with Crippen LogP contribution in [0.3, 0.4) is 0 Å². The maximum Gasteiger partial charge on any atom is 0.410 e. The highest BCUT2D eigenvalue weighted by molar-refractivity contribution is 14.1. The van der Waals surface area contributed by atoms with E-state index >= 15 is 0 Å². The number of amides is 1. The molecule has 5 atom stereocenters. The van der Waals surface area contributed by atoms with Crippen LogP contribution in [0, 0.1) is 35.5 Å². The van der Waals surface area contributed by atoms with Gasteiger partial charge in [0.05, 0.1) is 5.76 Å². The lowest BCUT2D eigenvalue weighted by Crippen LogP contribution is -2.72. The second-order valence-electron chi connectivity index (χ2n) is 14.5. The van der Waals surface area contributed by atoms with Gasteiger partial charge in [-0.25, -0.2) is 4.79 Å². The van der Waals surface area contributed by atoms with E-state index in [1.54, 1.807) is 0 Å². The first-order chi connectivity index (χ1) is 19.6. The Balaban J connectivity index is 1.34. The number of hydrogen-bond acceptors (Lipinski definition) is 4. The first-order valence-electron chi connectivity index (χ1n) is 16.3. The quantitative estimate of drug-likeness (QED) is 0.122. The standard InChI is InChI=1S/C35H53IN2O3/c1-23(2)15-33(29-18-28(19-29)16-25(4)36)38(31-11-12-31)35(14-13-24(35)3)32(17-26(5)39)30-20-37(21-30)34(40)41-22-27-9-7-6-8-10-27/h6-10,23-25,28-33,39H,5,11-22H2,1-4H3/t24?,25?,28-,29+,32?,33?,35?. The fraction of sp³-hybridized carbons (Fsp3) is 0.743. The molecule has 4 fully saturated rings. The fourth-order valence-electron chi connectivity index (χ4n) is 8.63. The number of carbonyl (C=O) groups excluding carboxylic acids is 1. The van der Waals surface area contributed by atoms with Crippen molar-refractivity contribution in [3.63, 3.8) is 0 Å². The van der Waals surface area contributed by atoms with E-state index in [4.69, 9.17) is 4.74 Å². The third-order valence-corrected chi connectivity index (χ3v) is 11.3. The molecule has 1 amide bonds. The lowest BCUT2D eigenvalue weighted by Gasteiger charge is -2.66. The van der Waals surface area contributed by atoms with Crippen LogP contribution in [0.2, 0.25) is 0 Å². The van der Waals surface area contributed by atoms with Crippen LogP contribution in [0.4, 0.5) is 4.79 Å². The van der Waals surface area contributed by atoms with Crippen LogP contribution in [-0.2, 0) is 11.3 Å². The van der Waals surface area contributed by atoms with Gasteiger partial charge in [0.25, 0.3) is 0 Å². The number of halogens is 1. The van der Waals surface area contributed by atoms with Gasteiger partial charge in [-0.1, -0.05) is 87.2 Å². The number of aliphatic hydroxyl groups excluding tert-OH is 1. The molecule has 41 heavy (non-hydrogen) atoms. The molecule has 3 saturated carbocycles. The maximum atomic E-state index is 12.9. The summed E-state index contributed by atoms with van der Waals surface area (Å²) in [5, 5.41) is 10.6. The van der Waals surface area contributed by atoms with Gasteiger partial charge in [0, 0.05) is 41.1 Å². The zero-order chi connectivity index (χ0) is 29.3. The van der Waals surface area contributed by atoms with Gasteiger partial charge >= 0.3 is 6.09 Å². The van der Waals surface area contributed by atoms with Gasteiger partial charge in [0.1, 0.15) is 6.61 Å². The molecule has 1 aromatic rings. The van der Waals surface area contributed by atoms with E-state index < -0.39 is 0 Å². The first-order valence-corrected chi connectivity index (χ1v) is 17.6. The van der Waals surface area contributed by atoms with Crippen LogP contribution < -0.4 is 0 Å². The average Bonchev–Trinajstić information content (AvgIpc) is 3.69. The SMILES string of the molecule is C=C(O)CC(C1CN(C(=O)OCc2ccccc2)C1)C1(N(C2CC2)C(CC(C)C)[C@H]2C[C@@H](CC(C)I)C2)CCC1C. The zero-order valence-corrected chi connectivity index (χ0v) is 28.0. The van der Waals surface area contributed by atoms with Crippen molar-refractivity contribution in [1.82, 2.24) is 9.80 Å². The second kappa shape index (κ2) is 13.2. The molecule has 1 aliphatic heterocycles. The van der Waals surface area contributed by atoms with Crippen molar-refractivity contribution in [1.29, 1.82) is 0 Å². The molecule has 5 nitrogen and oxygen atoms in total. The summed E-state index contributed by atoms with van der Waals surface area (Å²) >= 11 is 2.60. The summed E-state index contributed by atoms with van der Waals surface area (Å²) in [5.74, 6) is 3.89. The fourth-order valence-corrected chi connectivity index (χ4v) is 9.35. The molecule has 3 aliphatic carbocycles. The van der Waals surface area contributed by atoms with Gasteiger partial charge in [-0.15, -0.1) is 0 Å². The Morgan fingerprint density at radius 2 is 1.83 bits per heavy atom. The molecule has 5 unspecified atom stereocenters. The van der Waals surface area contributed by atoms with Crippen molar-refractivity contribution in [3.05, 3.63) is 48.2 Å². The molecule has 228 valence electrons. The van der Waals surface area contributed by atoms with Gasteiger partial charge in [-0.3, -0.25) is 4.90 Å². The summed E-state index contributed by atoms with van der Waals surface area (Å²) in [5.41, 5.74) is 1.09. The average molecular weight is 677 g/mol. The summed E-state index contributed by atoms with van der Waals surface area (Å²) in [6.45, 7) is 15.3. The Kier molecular flexibility index (Phi) is 9.99. The molecule has 1 heterocycles. The third kappa shape index (κ3) is 6.94. The van der Waals surface area contributed by atoms with Crippen LogP contribution in [0.5, 0.6) is 0 Å². The normalized spacial score (nSPS) is 30.2. The largest absolute Gasteiger partial charge is 0.513 e. The molecule has 0 radical (unpaired) electrons. The number of carbonyl (C=O) groups is 1. The predicted octanol–water partition coefficient (Wildman–Crippen LogP) is 8.62. The number of nitrogens with zero attached hydrogens (tertiary/aromatic N) is 2. The molecule has 4 aliphatic rings. The highest BCUT2D eigenvalue weighted by atomic mass is 127. The number of alkyl halides is 1. The van der Waals surface area contributed by atoms with Crippen LogP contribution in [-0.4, -0.2) is 55.6 Å². The summed E-state index contributed by atoms with van der Waals surface area (Å²) in [6.07, 6.45) is 10.8. The van der Waals surface area contributed by atoms with Gasteiger partial charge in [0.15, 0.2) is 0 Å². The van der Waals surface area contributed by atoms with Crippen LogP contribution in [0.25, 0.3) is 0 Å². The molecular formula is C35H53IN2O3. The van der Waals surface area contributed by atoms with E-state index in [1.165, 1.54) is 51.4 Å². The molecule has 0 aromatic heterocycles. The third-order valence-electron chi connectivity index (χ3n) is 10.8. The number of benzene rings is 1. The highest BCUT2D eigenvalue weighted by Gasteiger charge is 2.62. The molecule has 0 bridgehead atoms. The Morgan fingerprint density at radius 1 is 1.15 bits per heavy atom. The lowest BCUT2D eigenvalue weighted by atomic mass is 9.53. The minimum Gasteiger partial charge on any atom is -0.513 e. The van der Waals surface area contributed by atoms with Crippen LogP contribution in [0.1, 0.15) is 91.0 Å². The number of aliphatic hydroxyl groups is 1. The number of hydrogen-bond donors (Lipinski definition) is 1. The van der Waals surface area contributed by atoms with Gasteiger partial charge < -0.3 is 14.7 Å². The number of rotatable bonds is 14. The van der Waals surface area contributed by atoms with Crippen molar-refractivity contribution in [2.45, 2.75) is 114 Å². The second-order valence-corrected chi connectivity index (χ2v) is 16.6. The number of likely N-dealkylation sites (tertiary alicyclic amines) is 1. The van der Waals surface area contributed by atoms with Crippen LogP contribution >= 0.6 is 22.6 Å². The summed E-state index contributed by atoms with van der Waals surface area (Å²) in [6, 6.07) is 11.2. The highest BCUT2D eigenvalue weighted by Crippen LogP contribution is 2.59. The van der Waals surface area contributed by atoms with Crippen molar-refractivity contribution in [2.75, 3.05) is 13.1 Å². The maximum absolute atomic E-state index is 12.9. The Morgan fingerprint density at radius 3 is 2.34 bits per heavy atom. The summed E-state index contributed by atoms with van der Waals surface area (Å²) in [4.78, 5) is 17.9.